The van der Waals surface area contributed by atoms with Gasteiger partial charge in [0.05, 0.1) is 25.5 Å². The molecule has 42 heavy (non-hydrogen) atoms. The summed E-state index contributed by atoms with van der Waals surface area (Å²) in [5, 5.41) is 7.37. The summed E-state index contributed by atoms with van der Waals surface area (Å²) in [7, 11) is -1.64. The monoisotopic (exact) mass is 605 g/mol. The van der Waals surface area contributed by atoms with Crippen molar-refractivity contribution >= 4 is 16.0 Å². The Kier molecular flexibility index (Phi) is 7.64. The first-order valence-corrected chi connectivity index (χ1v) is 13.8. The van der Waals surface area contributed by atoms with Crippen molar-refractivity contribution in [2.24, 2.45) is 0 Å². The summed E-state index contributed by atoms with van der Waals surface area (Å²) in [6.07, 6.45) is -3.26. The quantitative estimate of drug-likeness (QED) is 0.314. The zero-order valence-electron chi connectivity index (χ0n) is 22.1. The number of rotatable bonds is 7. The van der Waals surface area contributed by atoms with Crippen LogP contribution in [0.15, 0.2) is 65.6 Å². The number of nitrogens with one attached hydrogen (secondary N) is 1. The van der Waals surface area contributed by atoms with Crippen molar-refractivity contribution in [3.05, 3.63) is 93.8 Å². The molecule has 0 atom stereocenters. The van der Waals surface area contributed by atoms with Crippen LogP contribution in [0.5, 0.6) is 11.5 Å². The fraction of sp³-hybridized carbons (Fsp3) is 0.222. The van der Waals surface area contributed by atoms with Crippen LogP contribution in [0.4, 0.5) is 23.4 Å². The number of fused-ring (bicyclic) bond motifs is 1. The second-order valence-electron chi connectivity index (χ2n) is 9.20. The Morgan fingerprint density at radius 2 is 1.76 bits per heavy atom. The molecule has 0 aliphatic carbocycles. The van der Waals surface area contributed by atoms with E-state index in [4.69, 9.17) is 9.47 Å². The Hall–Kier alpha value is -4.50. The van der Waals surface area contributed by atoms with Gasteiger partial charge in [0.2, 0.25) is 0 Å². The molecule has 4 aromatic rings. The molecule has 0 fully saturated rings. The first kappa shape index (κ1) is 29.0. The van der Waals surface area contributed by atoms with Crippen LogP contribution in [0.25, 0.3) is 16.8 Å². The van der Waals surface area contributed by atoms with Gasteiger partial charge in [0, 0.05) is 49.1 Å². The van der Waals surface area contributed by atoms with Crippen molar-refractivity contribution in [1.82, 2.24) is 19.1 Å². The van der Waals surface area contributed by atoms with E-state index in [1.807, 2.05) is 0 Å². The molecular formula is C27H23F4N5O5S. The van der Waals surface area contributed by atoms with E-state index in [1.165, 1.54) is 58.6 Å². The fourth-order valence-corrected chi connectivity index (χ4v) is 5.90. The molecule has 2 aromatic heterocycles. The number of ether oxygens (including phenoxy) is 2. The van der Waals surface area contributed by atoms with E-state index in [0.29, 0.717) is 11.3 Å². The van der Waals surface area contributed by atoms with E-state index in [9.17, 15) is 26.4 Å². The average molecular weight is 606 g/mol. The van der Waals surface area contributed by atoms with Crippen LogP contribution in [0, 0.1) is 5.82 Å². The van der Waals surface area contributed by atoms with E-state index in [2.05, 4.69) is 14.9 Å². The van der Waals surface area contributed by atoms with Gasteiger partial charge in [-0.15, -0.1) is 5.10 Å². The van der Waals surface area contributed by atoms with Gasteiger partial charge in [-0.3, -0.25) is 14.1 Å². The average Bonchev–Trinajstić information content (AvgIpc) is 2.96. The van der Waals surface area contributed by atoms with E-state index < -0.39 is 39.1 Å². The number of halogens is 4. The van der Waals surface area contributed by atoms with Gasteiger partial charge in [0.15, 0.2) is 5.82 Å². The number of pyridine rings is 1. The highest BCUT2D eigenvalue weighted by molar-refractivity contribution is 7.90. The third-order valence-corrected chi connectivity index (χ3v) is 8.16. The summed E-state index contributed by atoms with van der Waals surface area (Å²) >= 11 is 0. The number of alkyl halides is 3. The minimum absolute atomic E-state index is 0.0129. The molecule has 3 heterocycles. The standard InChI is InChI=1S/C27H23F4N5O5S/c1-40-23-7-5-16(12-19(23)27(29,30)31)18-13-24(41-2)22(14-20(18)28)36-21-9-11-35(15-17(21)6-8-26(36)37)42(38,39)34-25-4-3-10-32-33-25/h3-8,10,12-14H,9,11,15H2,1-2H3,(H,33,34). The topological polar surface area (TPSA) is 116 Å². The molecule has 0 unspecified atom stereocenters. The normalized spacial score (nSPS) is 13.9. The Morgan fingerprint density at radius 3 is 2.43 bits per heavy atom. The van der Waals surface area contributed by atoms with Gasteiger partial charge in [-0.05, 0) is 41.5 Å². The molecule has 0 saturated heterocycles. The minimum Gasteiger partial charge on any atom is -0.496 e. The van der Waals surface area contributed by atoms with Gasteiger partial charge >= 0.3 is 16.4 Å². The highest BCUT2D eigenvalue weighted by Gasteiger charge is 2.35. The second kappa shape index (κ2) is 11.1. The molecule has 0 radical (unpaired) electrons. The Balaban J connectivity index is 1.54. The van der Waals surface area contributed by atoms with E-state index in [-0.39, 0.29) is 47.9 Å². The molecule has 0 saturated carbocycles. The molecule has 1 aliphatic rings. The highest BCUT2D eigenvalue weighted by Crippen LogP contribution is 2.40. The molecule has 0 spiro atoms. The molecule has 0 bridgehead atoms. The first-order valence-electron chi connectivity index (χ1n) is 12.4. The molecular weight excluding hydrogens is 582 g/mol. The Labute approximate surface area is 237 Å². The van der Waals surface area contributed by atoms with Crippen LogP contribution in [0.2, 0.25) is 0 Å². The predicted molar refractivity (Wildman–Crippen MR) is 144 cm³/mol. The largest absolute Gasteiger partial charge is 0.496 e. The van der Waals surface area contributed by atoms with Crippen LogP contribution < -0.4 is 19.8 Å². The highest BCUT2D eigenvalue weighted by atomic mass is 32.2. The lowest BCUT2D eigenvalue weighted by Crippen LogP contribution is -2.41. The maximum atomic E-state index is 15.5. The lowest BCUT2D eigenvalue weighted by molar-refractivity contribution is -0.138. The number of methoxy groups -OCH3 is 2. The van der Waals surface area contributed by atoms with E-state index in [1.54, 1.807) is 0 Å². The summed E-state index contributed by atoms with van der Waals surface area (Å²) in [6, 6.07) is 11.0. The third kappa shape index (κ3) is 5.52. The maximum Gasteiger partial charge on any atom is 0.419 e. The van der Waals surface area contributed by atoms with Gasteiger partial charge < -0.3 is 9.47 Å². The maximum absolute atomic E-state index is 15.5. The summed E-state index contributed by atoms with van der Waals surface area (Å²) in [6.45, 7) is -0.110. The summed E-state index contributed by atoms with van der Waals surface area (Å²) < 4.78 is 97.2. The number of anilines is 1. The van der Waals surface area contributed by atoms with Gasteiger partial charge in [-0.2, -0.15) is 31.0 Å². The number of aromatic nitrogens is 3. The molecule has 10 nitrogen and oxygen atoms in total. The van der Waals surface area contributed by atoms with Crippen molar-refractivity contribution in [3.8, 4) is 28.3 Å². The number of nitrogens with zero attached hydrogens (tertiary/aromatic N) is 4. The summed E-state index contributed by atoms with van der Waals surface area (Å²) in [5.41, 5.74) is -0.939. The molecule has 220 valence electrons. The van der Waals surface area contributed by atoms with Crippen molar-refractivity contribution in [3.63, 3.8) is 0 Å². The van der Waals surface area contributed by atoms with E-state index in [0.717, 1.165) is 25.3 Å². The molecule has 1 aliphatic heterocycles. The Bertz CT molecular complexity index is 1810. The molecule has 2 aromatic carbocycles. The number of benzene rings is 2. The smallest absolute Gasteiger partial charge is 0.419 e. The van der Waals surface area contributed by atoms with E-state index >= 15 is 4.39 Å². The molecule has 0 amide bonds. The van der Waals surface area contributed by atoms with Crippen LogP contribution in [0.1, 0.15) is 16.8 Å². The van der Waals surface area contributed by atoms with Gasteiger partial charge in [-0.1, -0.05) is 12.1 Å². The van der Waals surface area contributed by atoms with Gasteiger partial charge in [-0.25, -0.2) is 4.39 Å². The number of hydrogen-bond acceptors (Lipinski definition) is 7. The minimum atomic E-state index is -4.75. The third-order valence-electron chi connectivity index (χ3n) is 6.70. The molecule has 1 N–H and O–H groups in total. The SMILES string of the molecule is COc1cc(-c2ccc(OC)c(C(F)(F)F)c2)c(F)cc1-n1c2c(ccc1=O)CN(S(=O)(=O)Nc1cccnn1)CC2. The van der Waals surface area contributed by atoms with Crippen LogP contribution in [0.3, 0.4) is 0 Å². The molecule has 15 heteroatoms. The van der Waals surface area contributed by atoms with Gasteiger partial charge in [0.25, 0.3) is 5.56 Å². The first-order chi connectivity index (χ1) is 19.9. The lowest BCUT2D eigenvalue weighted by Gasteiger charge is -2.30. The predicted octanol–water partition coefficient (Wildman–Crippen LogP) is 4.18. The van der Waals surface area contributed by atoms with Crippen molar-refractivity contribution in [2.75, 3.05) is 25.5 Å². The van der Waals surface area contributed by atoms with Crippen LogP contribution in [-0.2, 0) is 29.4 Å². The lowest BCUT2D eigenvalue weighted by atomic mass is 10.00. The van der Waals surface area contributed by atoms with Crippen LogP contribution >= 0.6 is 0 Å². The summed E-state index contributed by atoms with van der Waals surface area (Å²) in [5.74, 6) is -1.26. The van der Waals surface area contributed by atoms with Crippen molar-refractivity contribution in [1.29, 1.82) is 0 Å². The molecule has 5 rings (SSSR count). The van der Waals surface area contributed by atoms with Crippen LogP contribution in [-0.4, -0.2) is 48.3 Å². The van der Waals surface area contributed by atoms with Crippen molar-refractivity contribution in [2.45, 2.75) is 19.1 Å². The number of hydrogen-bond donors (Lipinski definition) is 1. The zero-order valence-corrected chi connectivity index (χ0v) is 23.0. The summed E-state index contributed by atoms with van der Waals surface area (Å²) in [4.78, 5) is 13.1. The zero-order chi connectivity index (χ0) is 30.2. The van der Waals surface area contributed by atoms with Crippen molar-refractivity contribution < 1.29 is 35.5 Å². The van der Waals surface area contributed by atoms with Gasteiger partial charge in [0.1, 0.15) is 17.3 Å². The fourth-order valence-electron chi connectivity index (χ4n) is 4.76. The Morgan fingerprint density at radius 1 is 1.00 bits per heavy atom. The second-order valence-corrected chi connectivity index (χ2v) is 10.9.